The number of amides is 2. The third kappa shape index (κ3) is 2.84. The first-order valence-electron chi connectivity index (χ1n) is 6.21. The van der Waals surface area contributed by atoms with Crippen LogP contribution in [-0.2, 0) is 6.54 Å². The summed E-state index contributed by atoms with van der Waals surface area (Å²) in [6.45, 7) is 0.489. The number of hydrogen-bond donors (Lipinski definition) is 2. The molecule has 0 saturated heterocycles. The highest BCUT2D eigenvalue weighted by molar-refractivity contribution is 7.13. The van der Waals surface area contributed by atoms with Gasteiger partial charge in [0.15, 0.2) is 4.47 Å². The van der Waals surface area contributed by atoms with Crippen LogP contribution < -0.4 is 10.6 Å². The van der Waals surface area contributed by atoms with Crippen LogP contribution in [0, 0.1) is 0 Å². The van der Waals surface area contributed by atoms with Crippen LogP contribution in [-0.4, -0.2) is 27.6 Å². The lowest BCUT2D eigenvalue weighted by Gasteiger charge is -2.08. The number of carbonyl (C=O) groups excluding carboxylic acids is 1. The number of benzene rings is 1. The van der Waals surface area contributed by atoms with Gasteiger partial charge < -0.3 is 9.88 Å². The van der Waals surface area contributed by atoms with Gasteiger partial charge in [-0.3, -0.25) is 5.32 Å². The lowest BCUT2D eigenvalue weighted by molar-refractivity contribution is 0.253. The molecule has 0 atom stereocenters. The number of urea groups is 1. The Morgan fingerprint density at radius 2 is 2.19 bits per heavy atom. The third-order valence-corrected chi connectivity index (χ3v) is 3.98. The number of hydrogen-bond acceptors (Lipinski definition) is 4. The molecule has 0 aliphatic rings. The maximum absolute atomic E-state index is 11.6. The highest BCUT2D eigenvalue weighted by atomic mass is 35.5. The second kappa shape index (κ2) is 5.71. The fourth-order valence-electron chi connectivity index (χ4n) is 2.01. The molecule has 2 N–H and O–H groups in total. The summed E-state index contributed by atoms with van der Waals surface area (Å²) in [5.41, 5.74) is 2.56. The topological polar surface area (TPSA) is 71.8 Å². The Bertz CT molecular complexity index is 797. The SMILES string of the molecule is CNC(=O)Nc1nc2ccccc2n1Cc1csc(Cl)n1. The molecule has 108 valence electrons. The zero-order valence-electron chi connectivity index (χ0n) is 11.1. The number of nitrogens with one attached hydrogen (secondary N) is 2. The van der Waals surface area contributed by atoms with E-state index in [2.05, 4.69) is 20.6 Å². The van der Waals surface area contributed by atoms with Gasteiger partial charge in [-0.15, -0.1) is 11.3 Å². The largest absolute Gasteiger partial charge is 0.341 e. The highest BCUT2D eigenvalue weighted by Gasteiger charge is 2.13. The lowest BCUT2D eigenvalue weighted by Crippen LogP contribution is -2.26. The van der Waals surface area contributed by atoms with E-state index in [1.54, 1.807) is 7.05 Å². The van der Waals surface area contributed by atoms with Crippen molar-refractivity contribution in [3.63, 3.8) is 0 Å². The van der Waals surface area contributed by atoms with Gasteiger partial charge in [-0.2, -0.15) is 0 Å². The Morgan fingerprint density at radius 1 is 1.38 bits per heavy atom. The first-order valence-corrected chi connectivity index (χ1v) is 7.47. The number of thiazole rings is 1. The first-order chi connectivity index (χ1) is 10.2. The number of carbonyl (C=O) groups is 1. The molecule has 0 spiro atoms. The molecule has 0 bridgehead atoms. The molecular weight excluding hydrogens is 310 g/mol. The number of nitrogens with zero attached hydrogens (tertiary/aromatic N) is 3. The maximum atomic E-state index is 11.6. The molecule has 3 rings (SSSR count). The fraction of sp³-hybridized carbons (Fsp3) is 0.154. The number of aromatic nitrogens is 3. The molecule has 3 aromatic rings. The Balaban J connectivity index is 2.04. The predicted octanol–water partition coefficient (Wildman–Crippen LogP) is 2.95. The second-order valence-electron chi connectivity index (χ2n) is 4.31. The van der Waals surface area contributed by atoms with Gasteiger partial charge in [-0.25, -0.2) is 14.8 Å². The molecule has 0 radical (unpaired) electrons. The van der Waals surface area contributed by atoms with Gasteiger partial charge in [0.1, 0.15) is 0 Å². The normalized spacial score (nSPS) is 10.8. The van der Waals surface area contributed by atoms with E-state index in [-0.39, 0.29) is 6.03 Å². The van der Waals surface area contributed by atoms with Crippen LogP contribution in [0.5, 0.6) is 0 Å². The van der Waals surface area contributed by atoms with E-state index in [1.165, 1.54) is 11.3 Å². The molecule has 21 heavy (non-hydrogen) atoms. The number of anilines is 1. The fourth-order valence-corrected chi connectivity index (χ4v) is 2.78. The molecule has 0 unspecified atom stereocenters. The van der Waals surface area contributed by atoms with Gasteiger partial charge in [0.05, 0.1) is 23.3 Å². The minimum Gasteiger partial charge on any atom is -0.341 e. The van der Waals surface area contributed by atoms with E-state index in [0.29, 0.717) is 17.0 Å². The van der Waals surface area contributed by atoms with Gasteiger partial charge in [0, 0.05) is 12.4 Å². The Labute approximate surface area is 129 Å². The van der Waals surface area contributed by atoms with E-state index < -0.39 is 0 Å². The van der Waals surface area contributed by atoms with E-state index >= 15 is 0 Å². The van der Waals surface area contributed by atoms with Crippen molar-refractivity contribution in [2.45, 2.75) is 6.54 Å². The molecule has 2 amide bonds. The quantitative estimate of drug-likeness (QED) is 0.779. The summed E-state index contributed by atoms with van der Waals surface area (Å²) in [6.07, 6.45) is 0. The van der Waals surface area contributed by atoms with Gasteiger partial charge in [-0.05, 0) is 12.1 Å². The predicted molar refractivity (Wildman–Crippen MR) is 84.0 cm³/mol. The first kappa shape index (κ1) is 13.8. The van der Waals surface area contributed by atoms with Crippen molar-refractivity contribution in [3.05, 3.63) is 39.8 Å². The molecule has 0 saturated carbocycles. The minimum atomic E-state index is -0.317. The van der Waals surface area contributed by atoms with Crippen molar-refractivity contribution in [3.8, 4) is 0 Å². The standard InChI is InChI=1S/C13H12ClN5OS/c1-15-13(20)18-12-17-9-4-2-3-5-10(9)19(12)6-8-7-21-11(14)16-8/h2-5,7H,6H2,1H3,(H2,15,17,18,20). The van der Waals surface area contributed by atoms with E-state index in [1.807, 2.05) is 34.2 Å². The number of halogens is 1. The molecule has 8 heteroatoms. The highest BCUT2D eigenvalue weighted by Crippen LogP contribution is 2.23. The summed E-state index contributed by atoms with van der Waals surface area (Å²) < 4.78 is 2.39. The van der Waals surface area contributed by atoms with Crippen molar-refractivity contribution in [1.29, 1.82) is 0 Å². The average molecular weight is 322 g/mol. The molecule has 0 fully saturated rings. The average Bonchev–Trinajstić information content (AvgIpc) is 3.04. The van der Waals surface area contributed by atoms with Crippen LogP contribution in [0.3, 0.4) is 0 Å². The van der Waals surface area contributed by atoms with Crippen molar-refractivity contribution in [2.75, 3.05) is 12.4 Å². The van der Waals surface area contributed by atoms with Crippen molar-refractivity contribution in [1.82, 2.24) is 19.9 Å². The Hall–Kier alpha value is -2.12. The third-order valence-electron chi connectivity index (χ3n) is 2.95. The van der Waals surface area contributed by atoms with Gasteiger partial charge in [0.2, 0.25) is 5.95 Å². The Kier molecular flexibility index (Phi) is 3.76. The molecule has 6 nitrogen and oxygen atoms in total. The summed E-state index contributed by atoms with van der Waals surface area (Å²) in [7, 11) is 1.56. The van der Waals surface area contributed by atoms with E-state index in [4.69, 9.17) is 11.6 Å². The zero-order valence-corrected chi connectivity index (χ0v) is 12.7. The molecule has 0 aliphatic carbocycles. The van der Waals surface area contributed by atoms with Crippen LogP contribution in [0.15, 0.2) is 29.6 Å². The minimum absolute atomic E-state index is 0.317. The van der Waals surface area contributed by atoms with Crippen molar-refractivity contribution >= 4 is 46.0 Å². The Morgan fingerprint density at radius 3 is 2.90 bits per heavy atom. The molecule has 2 heterocycles. The van der Waals surface area contributed by atoms with Crippen molar-refractivity contribution in [2.24, 2.45) is 0 Å². The summed E-state index contributed by atoms with van der Waals surface area (Å²) in [5, 5.41) is 7.13. The summed E-state index contributed by atoms with van der Waals surface area (Å²) in [5.74, 6) is 0.472. The van der Waals surface area contributed by atoms with Crippen molar-refractivity contribution < 1.29 is 4.79 Å². The monoisotopic (exact) mass is 321 g/mol. The van der Waals surface area contributed by atoms with Crippen LogP contribution in [0.2, 0.25) is 4.47 Å². The van der Waals surface area contributed by atoms with Gasteiger partial charge >= 0.3 is 6.03 Å². The number of para-hydroxylation sites is 2. The maximum Gasteiger partial charge on any atom is 0.321 e. The number of fused-ring (bicyclic) bond motifs is 1. The van der Waals surface area contributed by atoms with Crippen LogP contribution in [0.4, 0.5) is 10.7 Å². The van der Waals surface area contributed by atoms with E-state index in [9.17, 15) is 4.79 Å². The second-order valence-corrected chi connectivity index (χ2v) is 5.75. The summed E-state index contributed by atoms with van der Waals surface area (Å²) in [4.78, 5) is 20.2. The number of imidazole rings is 1. The van der Waals surface area contributed by atoms with Crippen LogP contribution in [0.1, 0.15) is 5.69 Å². The van der Waals surface area contributed by atoms with Gasteiger partial charge in [-0.1, -0.05) is 23.7 Å². The summed E-state index contributed by atoms with van der Waals surface area (Å²) >= 11 is 7.24. The number of rotatable bonds is 3. The zero-order chi connectivity index (χ0) is 14.8. The van der Waals surface area contributed by atoms with Crippen LogP contribution >= 0.6 is 22.9 Å². The lowest BCUT2D eigenvalue weighted by atomic mass is 10.3. The summed E-state index contributed by atoms with van der Waals surface area (Å²) in [6, 6.07) is 7.37. The molecule has 1 aromatic carbocycles. The molecule has 0 aliphatic heterocycles. The molecule has 2 aromatic heterocycles. The van der Waals surface area contributed by atoms with E-state index in [0.717, 1.165) is 16.7 Å². The molecular formula is C13H12ClN5OS. The van der Waals surface area contributed by atoms with Gasteiger partial charge in [0.25, 0.3) is 0 Å². The van der Waals surface area contributed by atoms with Crippen LogP contribution in [0.25, 0.3) is 11.0 Å². The smallest absolute Gasteiger partial charge is 0.321 e.